The number of amides is 1. The Bertz CT molecular complexity index is 721. The van der Waals surface area contributed by atoms with Crippen molar-refractivity contribution in [3.05, 3.63) is 47.3 Å². The molecule has 1 N–H and O–H groups in total. The summed E-state index contributed by atoms with van der Waals surface area (Å²) in [5.74, 6) is -0.612. The Balaban J connectivity index is 1.79. The Kier molecular flexibility index (Phi) is 5.72. The van der Waals surface area contributed by atoms with Crippen LogP contribution in [0.3, 0.4) is 0 Å². The Labute approximate surface area is 137 Å². The van der Waals surface area contributed by atoms with E-state index in [2.05, 4.69) is 5.32 Å². The van der Waals surface area contributed by atoms with E-state index < -0.39 is 24.6 Å². The molecule has 6 nitrogen and oxygen atoms in total. The van der Waals surface area contributed by atoms with Gasteiger partial charge in [-0.25, -0.2) is 4.79 Å². The van der Waals surface area contributed by atoms with Gasteiger partial charge in [0.1, 0.15) is 16.8 Å². The third-order valence-corrected chi connectivity index (χ3v) is 3.60. The second-order valence-electron chi connectivity index (χ2n) is 4.50. The molecular weight excluding hydrogens is 316 g/mol. The first kappa shape index (κ1) is 16.5. The summed E-state index contributed by atoms with van der Waals surface area (Å²) in [5.41, 5.74) is 0.371. The van der Waals surface area contributed by atoms with E-state index in [1.165, 1.54) is 11.3 Å². The van der Waals surface area contributed by atoms with Crippen LogP contribution in [0.4, 0.5) is 5.00 Å². The second-order valence-corrected chi connectivity index (χ2v) is 5.42. The summed E-state index contributed by atoms with van der Waals surface area (Å²) in [6.45, 7) is 1.10. The fourth-order valence-electron chi connectivity index (χ4n) is 1.66. The molecule has 0 spiro atoms. The number of hydrogen-bond donors (Lipinski definition) is 1. The number of nitriles is 1. The minimum absolute atomic E-state index is 0.371. The van der Waals surface area contributed by atoms with E-state index in [-0.39, 0.29) is 0 Å². The standard InChI is InChI=1S/C16H14N2O4S/c1-11(22-13-5-3-2-4-6-13)16(20)21-10-14(19)18-15-12(9-17)7-8-23-15/h2-8,11H,10H2,1H3,(H,18,19)/t11-/m1/s1. The molecule has 7 heteroatoms. The van der Waals surface area contributed by atoms with Crippen molar-refractivity contribution in [1.29, 1.82) is 5.26 Å². The average Bonchev–Trinajstić information content (AvgIpc) is 3.00. The summed E-state index contributed by atoms with van der Waals surface area (Å²) >= 11 is 1.23. The molecule has 0 aliphatic heterocycles. The number of thiophene rings is 1. The van der Waals surface area contributed by atoms with Crippen molar-refractivity contribution in [2.45, 2.75) is 13.0 Å². The zero-order chi connectivity index (χ0) is 16.7. The number of benzene rings is 1. The predicted molar refractivity (Wildman–Crippen MR) is 85.2 cm³/mol. The molecule has 1 heterocycles. The fraction of sp³-hybridized carbons (Fsp3) is 0.188. The zero-order valence-electron chi connectivity index (χ0n) is 12.3. The monoisotopic (exact) mass is 330 g/mol. The van der Waals surface area contributed by atoms with Gasteiger partial charge in [0.2, 0.25) is 0 Å². The normalized spacial score (nSPS) is 11.1. The first-order chi connectivity index (χ1) is 11.1. The number of hydrogen-bond acceptors (Lipinski definition) is 6. The van der Waals surface area contributed by atoms with Gasteiger partial charge in [-0.2, -0.15) is 5.26 Å². The van der Waals surface area contributed by atoms with Crippen LogP contribution in [-0.2, 0) is 14.3 Å². The van der Waals surface area contributed by atoms with E-state index >= 15 is 0 Å². The van der Waals surface area contributed by atoms with Gasteiger partial charge >= 0.3 is 5.97 Å². The smallest absolute Gasteiger partial charge is 0.347 e. The minimum atomic E-state index is -0.832. The Hall–Kier alpha value is -2.85. The molecule has 0 saturated heterocycles. The summed E-state index contributed by atoms with van der Waals surface area (Å²) in [5, 5.41) is 13.5. The summed E-state index contributed by atoms with van der Waals surface area (Å²) in [6.07, 6.45) is -0.832. The van der Waals surface area contributed by atoms with E-state index in [0.717, 1.165) is 0 Å². The molecule has 2 rings (SSSR count). The Morgan fingerprint density at radius 3 is 2.74 bits per heavy atom. The van der Waals surface area contributed by atoms with Crippen LogP contribution in [0.1, 0.15) is 12.5 Å². The number of anilines is 1. The molecule has 1 atom stereocenters. The summed E-state index contributed by atoms with van der Waals surface area (Å²) in [7, 11) is 0. The van der Waals surface area contributed by atoms with Crippen LogP contribution >= 0.6 is 11.3 Å². The van der Waals surface area contributed by atoms with Crippen molar-refractivity contribution in [3.8, 4) is 11.8 Å². The largest absolute Gasteiger partial charge is 0.479 e. The first-order valence-corrected chi connectivity index (χ1v) is 7.64. The van der Waals surface area contributed by atoms with E-state index in [9.17, 15) is 9.59 Å². The number of esters is 1. The van der Waals surface area contributed by atoms with Crippen LogP contribution in [0.25, 0.3) is 0 Å². The Morgan fingerprint density at radius 2 is 2.04 bits per heavy atom. The quantitative estimate of drug-likeness (QED) is 0.822. The van der Waals surface area contributed by atoms with E-state index in [1.807, 2.05) is 12.1 Å². The number of ether oxygens (including phenoxy) is 2. The van der Waals surface area contributed by atoms with Crippen molar-refractivity contribution in [2.75, 3.05) is 11.9 Å². The number of rotatable bonds is 6. The highest BCUT2D eigenvalue weighted by Crippen LogP contribution is 2.21. The van der Waals surface area contributed by atoms with Gasteiger partial charge in [0.25, 0.3) is 5.91 Å². The molecule has 1 aromatic heterocycles. The summed E-state index contributed by atoms with van der Waals surface area (Å²) in [4.78, 5) is 23.5. The topological polar surface area (TPSA) is 88.4 Å². The van der Waals surface area contributed by atoms with Crippen LogP contribution in [0.2, 0.25) is 0 Å². The molecule has 0 bridgehead atoms. The van der Waals surface area contributed by atoms with Gasteiger partial charge in [-0.1, -0.05) is 18.2 Å². The molecule has 0 saturated carbocycles. The summed E-state index contributed by atoms with van der Waals surface area (Å²) < 4.78 is 10.3. The van der Waals surface area contributed by atoms with Crippen molar-refractivity contribution < 1.29 is 19.1 Å². The lowest BCUT2D eigenvalue weighted by Crippen LogP contribution is -2.29. The number of para-hydroxylation sites is 1. The molecule has 0 aliphatic carbocycles. The molecule has 0 unspecified atom stereocenters. The highest BCUT2D eigenvalue weighted by atomic mass is 32.1. The maximum Gasteiger partial charge on any atom is 0.347 e. The molecule has 2 aromatic rings. The maximum atomic E-state index is 11.8. The number of carbonyl (C=O) groups excluding carboxylic acids is 2. The Morgan fingerprint density at radius 1 is 1.30 bits per heavy atom. The lowest BCUT2D eigenvalue weighted by atomic mass is 10.3. The van der Waals surface area contributed by atoms with Crippen LogP contribution in [-0.4, -0.2) is 24.6 Å². The van der Waals surface area contributed by atoms with Crippen LogP contribution < -0.4 is 10.1 Å². The van der Waals surface area contributed by atoms with E-state index in [1.54, 1.807) is 42.6 Å². The van der Waals surface area contributed by atoms with Gasteiger partial charge < -0.3 is 14.8 Å². The van der Waals surface area contributed by atoms with Crippen LogP contribution in [0, 0.1) is 11.3 Å². The molecule has 1 amide bonds. The highest BCUT2D eigenvalue weighted by molar-refractivity contribution is 7.14. The number of nitrogens with one attached hydrogen (secondary N) is 1. The van der Waals surface area contributed by atoms with E-state index in [0.29, 0.717) is 16.3 Å². The van der Waals surface area contributed by atoms with E-state index in [4.69, 9.17) is 14.7 Å². The molecular formula is C16H14N2O4S. The van der Waals surface area contributed by atoms with Crippen molar-refractivity contribution in [2.24, 2.45) is 0 Å². The van der Waals surface area contributed by atoms with Crippen LogP contribution in [0.5, 0.6) is 5.75 Å². The number of nitrogens with zero attached hydrogens (tertiary/aromatic N) is 1. The molecule has 23 heavy (non-hydrogen) atoms. The highest BCUT2D eigenvalue weighted by Gasteiger charge is 2.18. The SMILES string of the molecule is C[C@@H](Oc1ccccc1)C(=O)OCC(=O)Nc1sccc1C#N. The average molecular weight is 330 g/mol. The van der Waals surface area contributed by atoms with Gasteiger partial charge in [0, 0.05) is 0 Å². The zero-order valence-corrected chi connectivity index (χ0v) is 13.1. The van der Waals surface area contributed by atoms with Gasteiger partial charge in [0.15, 0.2) is 12.7 Å². The van der Waals surface area contributed by atoms with Gasteiger partial charge in [0.05, 0.1) is 5.56 Å². The lowest BCUT2D eigenvalue weighted by molar-refractivity contribution is -0.153. The second kappa shape index (κ2) is 7.96. The van der Waals surface area contributed by atoms with Gasteiger partial charge in [-0.15, -0.1) is 11.3 Å². The van der Waals surface area contributed by atoms with Crippen molar-refractivity contribution in [1.82, 2.24) is 0 Å². The van der Waals surface area contributed by atoms with Gasteiger partial charge in [-0.3, -0.25) is 4.79 Å². The molecule has 0 radical (unpaired) electrons. The first-order valence-electron chi connectivity index (χ1n) is 6.76. The van der Waals surface area contributed by atoms with Crippen LogP contribution in [0.15, 0.2) is 41.8 Å². The fourth-order valence-corrected chi connectivity index (χ4v) is 2.42. The maximum absolute atomic E-state index is 11.8. The lowest BCUT2D eigenvalue weighted by Gasteiger charge is -2.13. The number of carbonyl (C=O) groups is 2. The third-order valence-electron chi connectivity index (χ3n) is 2.77. The predicted octanol–water partition coefficient (Wildman–Crippen LogP) is 2.57. The van der Waals surface area contributed by atoms with Crippen molar-refractivity contribution >= 4 is 28.2 Å². The molecule has 1 aromatic carbocycles. The molecule has 0 aliphatic rings. The molecule has 118 valence electrons. The molecule has 0 fully saturated rings. The summed E-state index contributed by atoms with van der Waals surface area (Å²) in [6, 6.07) is 12.4. The minimum Gasteiger partial charge on any atom is -0.479 e. The third kappa shape index (κ3) is 4.83. The van der Waals surface area contributed by atoms with Crippen molar-refractivity contribution in [3.63, 3.8) is 0 Å². The van der Waals surface area contributed by atoms with Gasteiger partial charge in [-0.05, 0) is 30.5 Å².